The molecule has 2 heterocycles. The predicted molar refractivity (Wildman–Crippen MR) is 95.8 cm³/mol. The number of hydrogen-bond donors (Lipinski definition) is 2. The van der Waals surface area contributed by atoms with E-state index in [2.05, 4.69) is 20.6 Å². The van der Waals surface area contributed by atoms with E-state index in [1.807, 2.05) is 31.2 Å². The molecule has 2 N–H and O–H groups in total. The maximum Gasteiger partial charge on any atom is 0.270 e. The Bertz CT molecular complexity index is 912. The Hall–Kier alpha value is -2.48. The lowest BCUT2D eigenvalue weighted by atomic mass is 10.2. The number of amides is 1. The average molecular weight is 360 g/mol. The van der Waals surface area contributed by atoms with Gasteiger partial charge in [-0.1, -0.05) is 18.2 Å². The summed E-state index contributed by atoms with van der Waals surface area (Å²) in [5, 5.41) is 5.86. The maximum absolute atomic E-state index is 12.4. The second kappa shape index (κ2) is 6.79. The van der Waals surface area contributed by atoms with Gasteiger partial charge in [0.25, 0.3) is 5.91 Å². The number of nitrogens with zero attached hydrogens (tertiary/aromatic N) is 2. The Morgan fingerprint density at radius 1 is 1.20 bits per heavy atom. The number of anilines is 2. The Morgan fingerprint density at radius 2 is 1.96 bits per heavy atom. The molecule has 25 heavy (non-hydrogen) atoms. The molecule has 0 radical (unpaired) electrons. The van der Waals surface area contributed by atoms with Crippen molar-refractivity contribution in [2.45, 2.75) is 26.3 Å². The molecule has 8 heteroatoms. The second-order valence-corrected chi connectivity index (χ2v) is 8.46. The third-order valence-corrected chi connectivity index (χ3v) is 5.81. The minimum atomic E-state index is -3.04. The van der Waals surface area contributed by atoms with Crippen molar-refractivity contribution in [3.8, 4) is 0 Å². The lowest BCUT2D eigenvalue weighted by molar-refractivity contribution is 0.0936. The van der Waals surface area contributed by atoms with Gasteiger partial charge in [0.15, 0.2) is 9.84 Å². The Labute approximate surface area is 146 Å². The highest BCUT2D eigenvalue weighted by Crippen LogP contribution is 2.18. The molecule has 1 unspecified atom stereocenters. The number of carbonyl (C=O) groups is 1. The van der Waals surface area contributed by atoms with E-state index in [4.69, 9.17) is 0 Å². The van der Waals surface area contributed by atoms with Crippen molar-refractivity contribution < 1.29 is 13.2 Å². The molecule has 1 aromatic carbocycles. The number of carbonyl (C=O) groups excluding carboxylic acids is 1. The minimum Gasteiger partial charge on any atom is -0.347 e. The summed E-state index contributed by atoms with van der Waals surface area (Å²) in [6, 6.07) is 8.93. The van der Waals surface area contributed by atoms with Crippen LogP contribution in [0.15, 0.2) is 30.3 Å². The topological polar surface area (TPSA) is 101 Å². The van der Waals surface area contributed by atoms with Crippen LogP contribution in [0.1, 0.15) is 28.2 Å². The fourth-order valence-corrected chi connectivity index (χ4v) is 4.42. The Kier molecular flexibility index (Phi) is 4.71. The quantitative estimate of drug-likeness (QED) is 0.861. The number of sulfone groups is 1. The molecule has 2 aromatic rings. The van der Waals surface area contributed by atoms with Gasteiger partial charge in [0.1, 0.15) is 5.69 Å². The monoisotopic (exact) mass is 360 g/mol. The maximum atomic E-state index is 12.4. The molecule has 7 nitrogen and oxygen atoms in total. The highest BCUT2D eigenvalue weighted by Gasteiger charge is 2.29. The molecular weight excluding hydrogens is 340 g/mol. The van der Waals surface area contributed by atoms with Crippen LogP contribution in [-0.4, -0.2) is 41.8 Å². The Morgan fingerprint density at radius 3 is 2.64 bits per heavy atom. The van der Waals surface area contributed by atoms with Crippen molar-refractivity contribution in [3.05, 3.63) is 47.3 Å². The van der Waals surface area contributed by atoms with Crippen molar-refractivity contribution >= 4 is 27.4 Å². The minimum absolute atomic E-state index is 0.0167. The van der Waals surface area contributed by atoms with Gasteiger partial charge < -0.3 is 10.6 Å². The van der Waals surface area contributed by atoms with Gasteiger partial charge in [-0.25, -0.2) is 18.4 Å². The van der Waals surface area contributed by atoms with Gasteiger partial charge in [-0.2, -0.15) is 0 Å². The number of aromatic nitrogens is 2. The van der Waals surface area contributed by atoms with E-state index < -0.39 is 9.84 Å². The van der Waals surface area contributed by atoms with E-state index in [-0.39, 0.29) is 29.1 Å². The molecule has 1 amide bonds. The van der Waals surface area contributed by atoms with E-state index in [9.17, 15) is 13.2 Å². The van der Waals surface area contributed by atoms with Gasteiger partial charge in [-0.15, -0.1) is 0 Å². The van der Waals surface area contributed by atoms with Crippen molar-refractivity contribution in [3.63, 3.8) is 0 Å². The van der Waals surface area contributed by atoms with Crippen LogP contribution in [-0.2, 0) is 9.84 Å². The summed E-state index contributed by atoms with van der Waals surface area (Å²) < 4.78 is 23.0. The summed E-state index contributed by atoms with van der Waals surface area (Å²) in [6.45, 7) is 3.74. The summed E-state index contributed by atoms with van der Waals surface area (Å²) in [5.41, 5.74) is 2.76. The predicted octanol–water partition coefficient (Wildman–Crippen LogP) is 1.75. The largest absolute Gasteiger partial charge is 0.347 e. The van der Waals surface area contributed by atoms with Crippen LogP contribution < -0.4 is 10.6 Å². The van der Waals surface area contributed by atoms with E-state index in [0.29, 0.717) is 18.1 Å². The van der Waals surface area contributed by atoms with Crippen LogP contribution in [0.2, 0.25) is 0 Å². The molecule has 1 aliphatic heterocycles. The number of para-hydroxylation sites is 1. The normalized spacial score (nSPS) is 18.7. The van der Waals surface area contributed by atoms with E-state index in [1.54, 1.807) is 13.0 Å². The fourth-order valence-electron chi connectivity index (χ4n) is 2.74. The summed E-state index contributed by atoms with van der Waals surface area (Å²) in [6.07, 6.45) is 0.437. The molecule has 0 saturated carbocycles. The summed E-state index contributed by atoms with van der Waals surface area (Å²) in [4.78, 5) is 21.0. The third kappa shape index (κ3) is 4.33. The third-order valence-electron chi connectivity index (χ3n) is 4.05. The van der Waals surface area contributed by atoms with Crippen LogP contribution >= 0.6 is 0 Å². The molecule has 0 aliphatic carbocycles. The van der Waals surface area contributed by atoms with Crippen LogP contribution in [0, 0.1) is 13.8 Å². The molecule has 0 bridgehead atoms. The molecule has 0 spiro atoms. The fraction of sp³-hybridized carbons (Fsp3) is 0.353. The van der Waals surface area contributed by atoms with Gasteiger partial charge in [-0.05, 0) is 38.0 Å². The van der Waals surface area contributed by atoms with E-state index >= 15 is 0 Å². The molecule has 1 aliphatic rings. The van der Waals surface area contributed by atoms with Gasteiger partial charge in [0.2, 0.25) is 5.95 Å². The van der Waals surface area contributed by atoms with Crippen LogP contribution in [0.5, 0.6) is 0 Å². The lowest BCUT2D eigenvalue weighted by Gasteiger charge is -2.12. The number of nitrogens with one attached hydrogen (secondary N) is 2. The first-order valence-corrected chi connectivity index (χ1v) is 9.84. The van der Waals surface area contributed by atoms with Crippen molar-refractivity contribution in [1.82, 2.24) is 15.3 Å². The highest BCUT2D eigenvalue weighted by molar-refractivity contribution is 7.91. The molecule has 3 rings (SSSR count). The van der Waals surface area contributed by atoms with E-state index in [1.165, 1.54) is 0 Å². The van der Waals surface area contributed by atoms with Crippen LogP contribution in [0.25, 0.3) is 0 Å². The first-order chi connectivity index (χ1) is 11.8. The first-order valence-electron chi connectivity index (χ1n) is 8.02. The lowest BCUT2D eigenvalue weighted by Crippen LogP contribution is -2.36. The summed E-state index contributed by atoms with van der Waals surface area (Å²) in [7, 11) is -3.04. The summed E-state index contributed by atoms with van der Waals surface area (Å²) in [5.74, 6) is 0.0387. The van der Waals surface area contributed by atoms with Gasteiger partial charge in [0, 0.05) is 17.4 Å². The number of benzene rings is 1. The molecular formula is C17H20N4O3S. The van der Waals surface area contributed by atoms with Crippen LogP contribution in [0.4, 0.5) is 11.6 Å². The standard InChI is InChI=1S/C17H20N4O3S/c1-11-5-3-4-6-14(11)20-17-18-12(2)9-15(21-17)16(22)19-13-7-8-25(23,24)10-13/h3-6,9,13H,7-8,10H2,1-2H3,(H,19,22)(H,18,20,21). The molecule has 1 saturated heterocycles. The highest BCUT2D eigenvalue weighted by atomic mass is 32.2. The average Bonchev–Trinajstić information content (AvgIpc) is 2.88. The SMILES string of the molecule is Cc1cc(C(=O)NC2CCS(=O)(=O)C2)nc(Nc2ccccc2C)n1. The van der Waals surface area contributed by atoms with Crippen molar-refractivity contribution in [1.29, 1.82) is 0 Å². The zero-order valence-corrected chi connectivity index (χ0v) is 14.9. The van der Waals surface area contributed by atoms with Gasteiger partial charge in [-0.3, -0.25) is 4.79 Å². The van der Waals surface area contributed by atoms with Crippen molar-refractivity contribution in [2.24, 2.45) is 0 Å². The van der Waals surface area contributed by atoms with Crippen molar-refractivity contribution in [2.75, 3.05) is 16.8 Å². The Balaban J connectivity index is 1.77. The smallest absolute Gasteiger partial charge is 0.270 e. The molecule has 1 atom stereocenters. The number of hydrogen-bond acceptors (Lipinski definition) is 6. The van der Waals surface area contributed by atoms with Gasteiger partial charge in [0.05, 0.1) is 11.5 Å². The van der Waals surface area contributed by atoms with Gasteiger partial charge >= 0.3 is 0 Å². The molecule has 132 valence electrons. The number of rotatable bonds is 4. The zero-order valence-electron chi connectivity index (χ0n) is 14.1. The number of aryl methyl sites for hydroxylation is 2. The first kappa shape index (κ1) is 17.3. The van der Waals surface area contributed by atoms with E-state index in [0.717, 1.165) is 11.3 Å². The molecule has 1 aromatic heterocycles. The second-order valence-electron chi connectivity index (χ2n) is 6.23. The summed E-state index contributed by atoms with van der Waals surface area (Å²) >= 11 is 0. The van der Waals surface area contributed by atoms with Crippen LogP contribution in [0.3, 0.4) is 0 Å². The molecule has 1 fully saturated rings. The zero-order chi connectivity index (χ0) is 18.0.